The molecule has 1 aliphatic heterocycles. The molecule has 1 aromatic carbocycles. The number of fused-ring (bicyclic) bond motifs is 1. The van der Waals surface area contributed by atoms with Crippen molar-refractivity contribution in [3.05, 3.63) is 22.7 Å². The van der Waals surface area contributed by atoms with Crippen molar-refractivity contribution in [2.75, 3.05) is 18.6 Å². The molecule has 5 nitrogen and oxygen atoms in total. The second-order valence-electron chi connectivity index (χ2n) is 4.23. The maximum Gasteiger partial charge on any atom is 0.254 e. The third-order valence-corrected chi connectivity index (χ3v) is 3.41. The number of ether oxygens (including phenoxy) is 1. The minimum absolute atomic E-state index is 0.195. The van der Waals surface area contributed by atoms with Crippen molar-refractivity contribution < 1.29 is 14.3 Å². The molecule has 0 radical (unpaired) electrons. The van der Waals surface area contributed by atoms with Crippen molar-refractivity contribution in [3.8, 4) is 5.75 Å². The number of nitrogens with one attached hydrogen (secondary N) is 1. The summed E-state index contributed by atoms with van der Waals surface area (Å²) in [6.07, 6.45) is 0. The molecule has 0 saturated carbocycles. The van der Waals surface area contributed by atoms with Crippen molar-refractivity contribution in [3.63, 3.8) is 0 Å². The zero-order valence-corrected chi connectivity index (χ0v) is 11.7. The number of anilines is 1. The lowest BCUT2D eigenvalue weighted by atomic mass is 10.1. The zero-order valence-electron chi connectivity index (χ0n) is 11.0. The van der Waals surface area contributed by atoms with Crippen molar-refractivity contribution in [1.29, 1.82) is 0 Å². The van der Waals surface area contributed by atoms with Gasteiger partial charge in [0.05, 0.1) is 12.8 Å². The molecular weight excluding hydrogens is 268 g/mol. The van der Waals surface area contributed by atoms with Gasteiger partial charge in [-0.2, -0.15) is 0 Å². The summed E-state index contributed by atoms with van der Waals surface area (Å²) in [5, 5.41) is 3.08. The van der Waals surface area contributed by atoms with Crippen molar-refractivity contribution in [2.24, 2.45) is 0 Å². The molecule has 0 saturated heterocycles. The molecule has 102 valence electrons. The van der Waals surface area contributed by atoms with Gasteiger partial charge in [0, 0.05) is 24.1 Å². The van der Waals surface area contributed by atoms with E-state index in [4.69, 9.17) is 16.3 Å². The van der Waals surface area contributed by atoms with Gasteiger partial charge in [-0.3, -0.25) is 9.59 Å². The second-order valence-corrected chi connectivity index (χ2v) is 4.64. The Morgan fingerprint density at radius 2 is 2.21 bits per heavy atom. The van der Waals surface area contributed by atoms with E-state index in [-0.39, 0.29) is 11.8 Å². The highest BCUT2D eigenvalue weighted by Gasteiger charge is 2.40. The first kappa shape index (κ1) is 13.7. The van der Waals surface area contributed by atoms with Crippen LogP contribution in [0.3, 0.4) is 0 Å². The lowest BCUT2D eigenvalue weighted by molar-refractivity contribution is -0.126. The third-order valence-electron chi connectivity index (χ3n) is 3.08. The molecule has 0 unspecified atom stereocenters. The summed E-state index contributed by atoms with van der Waals surface area (Å²) < 4.78 is 5.28. The molecule has 0 aliphatic carbocycles. The number of carbonyl (C=O) groups is 2. The average molecular weight is 283 g/mol. The van der Waals surface area contributed by atoms with Crippen LogP contribution in [0.1, 0.15) is 25.5 Å². The Hall–Kier alpha value is -1.75. The predicted molar refractivity (Wildman–Crippen MR) is 72.6 cm³/mol. The molecule has 0 spiro atoms. The molecule has 6 heteroatoms. The monoisotopic (exact) mass is 282 g/mol. The van der Waals surface area contributed by atoms with Gasteiger partial charge < -0.3 is 15.0 Å². The molecule has 1 aliphatic rings. The number of nitrogens with zero attached hydrogens (tertiary/aromatic N) is 1. The van der Waals surface area contributed by atoms with Crippen molar-refractivity contribution in [2.45, 2.75) is 19.9 Å². The van der Waals surface area contributed by atoms with E-state index >= 15 is 0 Å². The van der Waals surface area contributed by atoms with Crippen molar-refractivity contribution in [1.82, 2.24) is 5.32 Å². The Kier molecular flexibility index (Phi) is 3.66. The van der Waals surface area contributed by atoms with Crippen LogP contribution < -0.4 is 15.0 Å². The first-order valence-electron chi connectivity index (χ1n) is 5.96. The standard InChI is InChI=1S/C13H15ClN2O3/c1-4-16-12-9(19-3)6-5-8(14)10(12)11(13(16)18)15-7(2)17/h5-6,11H,4H2,1-3H3,(H,15,17)/t11-/m0/s1. The van der Waals surface area contributed by atoms with Crippen LogP contribution in [-0.2, 0) is 9.59 Å². The number of likely N-dealkylation sites (N-methyl/N-ethyl adjacent to an activating group) is 1. The molecule has 19 heavy (non-hydrogen) atoms. The molecule has 1 N–H and O–H groups in total. The molecular formula is C13H15ClN2O3. The minimum Gasteiger partial charge on any atom is -0.495 e. The highest BCUT2D eigenvalue weighted by atomic mass is 35.5. The van der Waals surface area contributed by atoms with E-state index in [1.165, 1.54) is 14.0 Å². The van der Waals surface area contributed by atoms with Gasteiger partial charge >= 0.3 is 0 Å². The van der Waals surface area contributed by atoms with Crippen LogP contribution in [0, 0.1) is 0 Å². The Morgan fingerprint density at radius 1 is 1.53 bits per heavy atom. The molecule has 1 atom stereocenters. The number of hydrogen-bond donors (Lipinski definition) is 1. The number of halogens is 1. The van der Waals surface area contributed by atoms with Crippen LogP contribution in [0.4, 0.5) is 5.69 Å². The fourth-order valence-corrected chi connectivity index (χ4v) is 2.58. The van der Waals surface area contributed by atoms with Gasteiger partial charge in [-0.05, 0) is 19.1 Å². The smallest absolute Gasteiger partial charge is 0.254 e. The maximum absolute atomic E-state index is 12.3. The summed E-state index contributed by atoms with van der Waals surface area (Å²) in [5.41, 5.74) is 1.24. The molecule has 2 rings (SSSR count). The topological polar surface area (TPSA) is 58.6 Å². The third kappa shape index (κ3) is 2.14. The van der Waals surface area contributed by atoms with Gasteiger partial charge in [-0.1, -0.05) is 11.6 Å². The summed E-state index contributed by atoms with van der Waals surface area (Å²) >= 11 is 6.18. The largest absolute Gasteiger partial charge is 0.495 e. The highest BCUT2D eigenvalue weighted by Crippen LogP contribution is 2.46. The first-order chi connectivity index (χ1) is 9.01. The fraction of sp³-hybridized carbons (Fsp3) is 0.385. The van der Waals surface area contributed by atoms with Gasteiger partial charge in [0.15, 0.2) is 0 Å². The number of methoxy groups -OCH3 is 1. The van der Waals surface area contributed by atoms with E-state index < -0.39 is 6.04 Å². The van der Waals surface area contributed by atoms with E-state index in [1.54, 1.807) is 17.0 Å². The number of benzene rings is 1. The number of rotatable bonds is 3. The second kappa shape index (κ2) is 5.09. The molecule has 1 aromatic rings. The van der Waals surface area contributed by atoms with Crippen LogP contribution in [-0.4, -0.2) is 25.5 Å². The average Bonchev–Trinajstić information content (AvgIpc) is 2.63. The van der Waals surface area contributed by atoms with E-state index in [0.29, 0.717) is 28.6 Å². The van der Waals surface area contributed by atoms with Crippen LogP contribution in [0.25, 0.3) is 0 Å². The lowest BCUT2D eigenvalue weighted by Gasteiger charge is -2.17. The zero-order chi connectivity index (χ0) is 14.2. The minimum atomic E-state index is -0.741. The quantitative estimate of drug-likeness (QED) is 0.921. The van der Waals surface area contributed by atoms with E-state index in [1.807, 2.05) is 6.92 Å². The normalized spacial score (nSPS) is 17.4. The fourth-order valence-electron chi connectivity index (χ4n) is 2.32. The first-order valence-corrected chi connectivity index (χ1v) is 6.33. The van der Waals surface area contributed by atoms with E-state index in [0.717, 1.165) is 0 Å². The molecule has 0 aromatic heterocycles. The highest BCUT2D eigenvalue weighted by molar-refractivity contribution is 6.33. The Morgan fingerprint density at radius 3 is 2.74 bits per heavy atom. The SMILES string of the molecule is CCN1C(=O)[C@@H](NC(C)=O)c2c(Cl)ccc(OC)c21. The van der Waals surface area contributed by atoms with Crippen LogP contribution in [0.15, 0.2) is 12.1 Å². The molecule has 1 heterocycles. The summed E-state index contributed by atoms with van der Waals surface area (Å²) in [4.78, 5) is 25.2. The van der Waals surface area contributed by atoms with Crippen molar-refractivity contribution >= 4 is 29.1 Å². The van der Waals surface area contributed by atoms with Gasteiger partial charge in [0.25, 0.3) is 5.91 Å². The summed E-state index contributed by atoms with van der Waals surface area (Å²) in [6.45, 7) is 3.71. The lowest BCUT2D eigenvalue weighted by Crippen LogP contribution is -2.36. The van der Waals surface area contributed by atoms with E-state index in [2.05, 4.69) is 5.32 Å². The van der Waals surface area contributed by atoms with E-state index in [9.17, 15) is 9.59 Å². The van der Waals surface area contributed by atoms with Crippen LogP contribution >= 0.6 is 11.6 Å². The van der Waals surface area contributed by atoms with Crippen LogP contribution in [0.2, 0.25) is 5.02 Å². The summed E-state index contributed by atoms with van der Waals surface area (Å²) in [5.74, 6) is 0.0997. The van der Waals surface area contributed by atoms with Gasteiger partial charge in [0.2, 0.25) is 5.91 Å². The summed E-state index contributed by atoms with van der Waals surface area (Å²) in [6, 6.07) is 2.64. The predicted octanol–water partition coefficient (Wildman–Crippen LogP) is 1.89. The van der Waals surface area contributed by atoms with Gasteiger partial charge in [-0.25, -0.2) is 0 Å². The Bertz CT molecular complexity index is 545. The van der Waals surface area contributed by atoms with Gasteiger partial charge in [0.1, 0.15) is 11.8 Å². The molecule has 0 bridgehead atoms. The van der Waals surface area contributed by atoms with Crippen LogP contribution in [0.5, 0.6) is 5.75 Å². The number of carbonyl (C=O) groups excluding carboxylic acids is 2. The molecule has 0 fully saturated rings. The summed E-state index contributed by atoms with van der Waals surface area (Å²) in [7, 11) is 1.54. The number of amides is 2. The Balaban J connectivity index is 2.62. The maximum atomic E-state index is 12.3. The Labute approximate surface area is 116 Å². The van der Waals surface area contributed by atoms with Gasteiger partial charge in [-0.15, -0.1) is 0 Å². The molecule has 2 amide bonds. The number of hydrogen-bond acceptors (Lipinski definition) is 3.